The van der Waals surface area contributed by atoms with Gasteiger partial charge in [0, 0.05) is 0 Å². The molecule has 0 aromatic heterocycles. The number of fused-ring (bicyclic) bond motifs is 1. The second-order valence-electron chi connectivity index (χ2n) is 2.71. The Kier molecular flexibility index (Phi) is 2.78. The molecule has 0 aromatic carbocycles. The summed E-state index contributed by atoms with van der Waals surface area (Å²) >= 11 is 8.29. The van der Waals surface area contributed by atoms with Gasteiger partial charge in [-0.2, -0.15) is 8.73 Å². The molecule has 14 heavy (non-hydrogen) atoms. The minimum absolute atomic E-state index is 0.317. The first-order valence-electron chi connectivity index (χ1n) is 3.63. The Morgan fingerprint density at radius 1 is 1.50 bits per heavy atom. The first-order chi connectivity index (χ1) is 6.66. The normalized spacial score (nSPS) is 25.6. The predicted octanol–water partition coefficient (Wildman–Crippen LogP) is 1.27. The molecule has 70 valence electrons. The van der Waals surface area contributed by atoms with Gasteiger partial charge in [-0.15, -0.1) is 0 Å². The van der Waals surface area contributed by atoms with E-state index in [1.807, 2.05) is 0 Å². The van der Waals surface area contributed by atoms with Crippen LogP contribution in [0.1, 0.15) is 0 Å². The molecule has 1 heterocycles. The number of hydrogen-bond donors (Lipinski definition) is 3. The molecule has 0 aromatic rings. The minimum atomic E-state index is -0.413. The van der Waals surface area contributed by atoms with Crippen LogP contribution in [0.5, 0.6) is 0 Å². The molecule has 2 rings (SSSR count). The average Bonchev–Trinajstić information content (AvgIpc) is 2.64. The van der Waals surface area contributed by atoms with E-state index in [0.717, 1.165) is 11.4 Å². The standard InChI is InChI=1S/C6H4BBrN4S2/c7-1-4(10-13)3(9)2(8)6-5(1)11-14-12-6/h4,9-10,13H. The molecule has 2 radical (unpaired) electrons. The summed E-state index contributed by atoms with van der Waals surface area (Å²) in [5.74, 6) is 0. The molecule has 0 amide bonds. The van der Waals surface area contributed by atoms with E-state index in [0.29, 0.717) is 27.1 Å². The van der Waals surface area contributed by atoms with E-state index in [1.54, 1.807) is 0 Å². The smallest absolute Gasteiger partial charge is 0.120 e. The first kappa shape index (κ1) is 10.3. The van der Waals surface area contributed by atoms with Crippen molar-refractivity contribution in [3.8, 4) is 0 Å². The quantitative estimate of drug-likeness (QED) is 0.493. The van der Waals surface area contributed by atoms with E-state index in [4.69, 9.17) is 13.3 Å². The molecule has 1 aliphatic heterocycles. The summed E-state index contributed by atoms with van der Waals surface area (Å²) in [6, 6.07) is -0.413. The zero-order valence-electron chi connectivity index (χ0n) is 6.78. The lowest BCUT2D eigenvalue weighted by atomic mass is 9.80. The Morgan fingerprint density at radius 2 is 2.14 bits per heavy atom. The summed E-state index contributed by atoms with van der Waals surface area (Å²) in [6.07, 6.45) is 0. The van der Waals surface area contributed by atoms with Crippen LogP contribution in [0.25, 0.3) is 0 Å². The predicted molar refractivity (Wildman–Crippen MR) is 64.6 cm³/mol. The van der Waals surface area contributed by atoms with Crippen molar-refractivity contribution in [1.82, 2.24) is 4.72 Å². The van der Waals surface area contributed by atoms with Crippen molar-refractivity contribution in [3.05, 3.63) is 21.3 Å². The molecule has 1 atom stereocenters. The molecule has 0 saturated carbocycles. The number of rotatable bonds is 1. The Balaban J connectivity index is 2.60. The first-order valence-corrected chi connectivity index (χ1v) is 5.60. The third kappa shape index (κ3) is 1.37. The SMILES string of the molecule is [B]C1=C2N=S=NC2=C(Br)C(=N)C1NS. The lowest BCUT2D eigenvalue weighted by molar-refractivity contribution is 0.939. The van der Waals surface area contributed by atoms with Crippen molar-refractivity contribution >= 4 is 53.7 Å². The summed E-state index contributed by atoms with van der Waals surface area (Å²) in [5, 5.41) is 7.79. The van der Waals surface area contributed by atoms with Crippen LogP contribution in [-0.2, 0) is 11.4 Å². The molecule has 0 saturated heterocycles. The van der Waals surface area contributed by atoms with Crippen molar-refractivity contribution in [3.63, 3.8) is 0 Å². The van der Waals surface area contributed by atoms with E-state index < -0.39 is 6.04 Å². The highest BCUT2D eigenvalue weighted by Crippen LogP contribution is 2.34. The van der Waals surface area contributed by atoms with Gasteiger partial charge in [-0.05, 0) is 15.9 Å². The van der Waals surface area contributed by atoms with Crippen molar-refractivity contribution in [2.45, 2.75) is 6.04 Å². The molecular formula is C6H4BBrN4S2. The van der Waals surface area contributed by atoms with Gasteiger partial charge < -0.3 is 5.41 Å². The lowest BCUT2D eigenvalue weighted by Gasteiger charge is -2.23. The maximum Gasteiger partial charge on any atom is 0.120 e. The van der Waals surface area contributed by atoms with E-state index in [1.165, 1.54) is 0 Å². The van der Waals surface area contributed by atoms with Gasteiger partial charge in [-0.3, -0.25) is 4.72 Å². The minimum Gasteiger partial charge on any atom is -0.302 e. The van der Waals surface area contributed by atoms with Gasteiger partial charge in [0.1, 0.15) is 13.5 Å². The Morgan fingerprint density at radius 3 is 2.79 bits per heavy atom. The maximum atomic E-state index is 7.79. The molecule has 2 N–H and O–H groups in total. The van der Waals surface area contributed by atoms with E-state index in [2.05, 4.69) is 42.2 Å². The fourth-order valence-electron chi connectivity index (χ4n) is 1.20. The van der Waals surface area contributed by atoms with Crippen LogP contribution in [0.2, 0.25) is 0 Å². The van der Waals surface area contributed by atoms with Gasteiger partial charge in [0.2, 0.25) is 0 Å². The summed E-state index contributed by atoms with van der Waals surface area (Å²) in [7, 11) is 5.83. The average molecular weight is 287 g/mol. The molecule has 0 bridgehead atoms. The van der Waals surface area contributed by atoms with Gasteiger partial charge in [-0.1, -0.05) is 18.3 Å². The van der Waals surface area contributed by atoms with Crippen LogP contribution in [0.3, 0.4) is 0 Å². The van der Waals surface area contributed by atoms with E-state index in [9.17, 15) is 0 Å². The molecule has 4 nitrogen and oxygen atoms in total. The van der Waals surface area contributed by atoms with Crippen LogP contribution in [0.4, 0.5) is 0 Å². The molecule has 1 unspecified atom stereocenters. The van der Waals surface area contributed by atoms with Crippen molar-refractivity contribution in [2.75, 3.05) is 0 Å². The molecule has 8 heteroatoms. The summed E-state index contributed by atoms with van der Waals surface area (Å²) in [5.41, 5.74) is 2.07. The number of nitrogens with one attached hydrogen (secondary N) is 2. The zero-order valence-corrected chi connectivity index (χ0v) is 10.1. The molecular weight excluding hydrogens is 283 g/mol. The number of nitrogens with zero attached hydrogens (tertiary/aromatic N) is 2. The van der Waals surface area contributed by atoms with Crippen LogP contribution in [-0.4, -0.2) is 19.6 Å². The highest BCUT2D eigenvalue weighted by Gasteiger charge is 2.30. The number of halogens is 1. The Bertz CT molecular complexity index is 449. The van der Waals surface area contributed by atoms with Crippen LogP contribution < -0.4 is 4.72 Å². The zero-order chi connectivity index (χ0) is 10.3. The van der Waals surface area contributed by atoms with E-state index in [-0.39, 0.29) is 0 Å². The topological polar surface area (TPSA) is 60.6 Å². The molecule has 0 fully saturated rings. The highest BCUT2D eigenvalue weighted by molar-refractivity contribution is 9.12. The molecule has 0 spiro atoms. The summed E-state index contributed by atoms with van der Waals surface area (Å²) in [4.78, 5) is 0. The van der Waals surface area contributed by atoms with Crippen molar-refractivity contribution in [1.29, 1.82) is 5.41 Å². The maximum absolute atomic E-state index is 7.79. The largest absolute Gasteiger partial charge is 0.302 e. The lowest BCUT2D eigenvalue weighted by Crippen LogP contribution is -2.36. The fraction of sp³-hybridized carbons (Fsp3) is 0.167. The summed E-state index contributed by atoms with van der Waals surface area (Å²) < 4.78 is 11.4. The van der Waals surface area contributed by atoms with Gasteiger partial charge in [-0.25, -0.2) is 0 Å². The second-order valence-corrected chi connectivity index (χ2v) is 4.29. The van der Waals surface area contributed by atoms with E-state index >= 15 is 0 Å². The van der Waals surface area contributed by atoms with Crippen molar-refractivity contribution in [2.24, 2.45) is 8.73 Å². The Labute approximate surface area is 99.7 Å². The number of hydrogen-bond acceptors (Lipinski definition) is 5. The fourth-order valence-corrected chi connectivity index (χ4v) is 2.67. The summed E-state index contributed by atoms with van der Waals surface area (Å²) in [6.45, 7) is 0. The Hall–Kier alpha value is -0.175. The highest BCUT2D eigenvalue weighted by atomic mass is 79.9. The monoisotopic (exact) mass is 286 g/mol. The van der Waals surface area contributed by atoms with Gasteiger partial charge in [0.25, 0.3) is 0 Å². The second kappa shape index (κ2) is 3.76. The third-order valence-electron chi connectivity index (χ3n) is 1.94. The number of thiol groups is 1. The van der Waals surface area contributed by atoms with Gasteiger partial charge in [0.15, 0.2) is 0 Å². The van der Waals surface area contributed by atoms with Gasteiger partial charge >= 0.3 is 0 Å². The van der Waals surface area contributed by atoms with Gasteiger partial charge in [0.05, 0.1) is 33.3 Å². The molecule has 2 aliphatic rings. The molecule has 1 aliphatic carbocycles. The third-order valence-corrected chi connectivity index (χ3v) is 3.52. The van der Waals surface area contributed by atoms with Crippen molar-refractivity contribution < 1.29 is 0 Å². The van der Waals surface area contributed by atoms with Crippen LogP contribution >= 0.6 is 28.7 Å². The van der Waals surface area contributed by atoms with Crippen LogP contribution in [0, 0.1) is 5.41 Å². The van der Waals surface area contributed by atoms with Crippen LogP contribution in [0.15, 0.2) is 30.1 Å².